The average molecular weight is 448 g/mol. The van der Waals surface area contributed by atoms with Crippen molar-refractivity contribution in [2.24, 2.45) is 0 Å². The molecule has 100 valence electrons. The van der Waals surface area contributed by atoms with E-state index in [2.05, 4.69) is 0 Å². The minimum atomic E-state index is -3.67. The van der Waals surface area contributed by atoms with E-state index in [9.17, 15) is 0 Å². The molecule has 0 saturated heterocycles. The molecule has 0 amide bonds. The van der Waals surface area contributed by atoms with Crippen LogP contribution in [0.2, 0.25) is 0 Å². The van der Waals surface area contributed by atoms with E-state index < -0.39 is 14.8 Å². The van der Waals surface area contributed by atoms with E-state index >= 15 is 0 Å². The maximum atomic E-state index is 6.47. The van der Waals surface area contributed by atoms with E-state index in [4.69, 9.17) is 38.5 Å². The van der Waals surface area contributed by atoms with Crippen molar-refractivity contribution in [3.8, 4) is 0 Å². The van der Waals surface area contributed by atoms with Crippen LogP contribution in [0.15, 0.2) is 60.7 Å². The Morgan fingerprint density at radius 3 is 1.53 bits per heavy atom. The predicted molar refractivity (Wildman–Crippen MR) is 88.9 cm³/mol. The van der Waals surface area contributed by atoms with E-state index in [0.717, 1.165) is 11.1 Å². The molecule has 0 fully saturated rings. The van der Waals surface area contributed by atoms with Crippen LogP contribution in [0.4, 0.5) is 0 Å². The zero-order valence-electron chi connectivity index (χ0n) is 9.69. The third-order valence-corrected chi connectivity index (χ3v) is 8.93. The quantitative estimate of drug-likeness (QED) is 0.401. The number of halogens is 4. The van der Waals surface area contributed by atoms with Gasteiger partial charge in [0.2, 0.25) is 0 Å². The maximum absolute atomic E-state index is 6.47. The molecule has 0 heterocycles. The molecule has 0 aliphatic carbocycles. The molecule has 0 spiro atoms. The molecule has 0 aromatic heterocycles. The second kappa shape index (κ2) is 6.72. The Balaban J connectivity index is 2.63. The summed E-state index contributed by atoms with van der Waals surface area (Å²) in [7, 11) is 18.8. The Bertz CT molecular complexity index is 573. The summed E-state index contributed by atoms with van der Waals surface area (Å²) in [6.45, 7) is 0. The van der Waals surface area contributed by atoms with Gasteiger partial charge in [-0.3, -0.25) is 0 Å². The van der Waals surface area contributed by atoms with Gasteiger partial charge in [0.1, 0.15) is 0 Å². The molecule has 0 N–H and O–H groups in total. The van der Waals surface area contributed by atoms with Gasteiger partial charge in [0.05, 0.1) is 0 Å². The SMILES string of the molecule is Cl/C(=C(\c1ccccc1)[Te](Cl)(Cl)Cl)c1ccccc1. The summed E-state index contributed by atoms with van der Waals surface area (Å²) in [5.41, 5.74) is 1.73. The van der Waals surface area contributed by atoms with Crippen molar-refractivity contribution in [1.82, 2.24) is 0 Å². The first-order valence-corrected chi connectivity index (χ1v) is 15.8. The second-order valence-electron chi connectivity index (χ2n) is 3.78. The number of rotatable bonds is 3. The van der Waals surface area contributed by atoms with Crippen molar-refractivity contribution in [2.45, 2.75) is 0 Å². The second-order valence-corrected chi connectivity index (χ2v) is 20.1. The number of hydrogen-bond donors (Lipinski definition) is 0. The van der Waals surface area contributed by atoms with Crippen molar-refractivity contribution >= 4 is 62.0 Å². The van der Waals surface area contributed by atoms with E-state index in [1.165, 1.54) is 0 Å². The molecule has 0 atom stereocenters. The van der Waals surface area contributed by atoms with Gasteiger partial charge >= 0.3 is 134 Å². The summed E-state index contributed by atoms with van der Waals surface area (Å²) in [5.74, 6) is 0. The molecule has 0 aliphatic rings. The summed E-state index contributed by atoms with van der Waals surface area (Å²) >= 11 is 2.80. The number of hydrogen-bond acceptors (Lipinski definition) is 0. The van der Waals surface area contributed by atoms with E-state index in [1.807, 2.05) is 60.7 Å². The normalized spacial score (nSPS) is 13.9. The Labute approximate surface area is 133 Å². The van der Waals surface area contributed by atoms with Crippen molar-refractivity contribution < 1.29 is 0 Å². The molecule has 2 aromatic rings. The minimum absolute atomic E-state index is 0.521. The van der Waals surface area contributed by atoms with E-state index in [-0.39, 0.29) is 0 Å². The van der Waals surface area contributed by atoms with Gasteiger partial charge in [-0.1, -0.05) is 0 Å². The van der Waals surface area contributed by atoms with Crippen LogP contribution in [0.1, 0.15) is 11.1 Å². The standard InChI is InChI=1S/C14H10Cl4Te/c15-13(11-7-3-1-4-8-11)14(19(16,17)18)12-9-5-2-6-10-12/h1-10H/b14-13+. The number of benzene rings is 2. The van der Waals surface area contributed by atoms with Crippen LogP contribution in [0.5, 0.6) is 0 Å². The molecule has 0 saturated carbocycles. The van der Waals surface area contributed by atoms with Crippen LogP contribution in [-0.2, 0) is 0 Å². The molecule has 0 unspecified atom stereocenters. The van der Waals surface area contributed by atoms with Gasteiger partial charge in [-0.2, -0.15) is 0 Å². The summed E-state index contributed by atoms with van der Waals surface area (Å²) in [4.78, 5) is 0. The predicted octanol–water partition coefficient (Wildman–Crippen LogP) is 5.99. The Hall–Kier alpha value is 0.130. The molecule has 0 nitrogen and oxygen atoms in total. The fraction of sp³-hybridized carbons (Fsp3) is 0. The molecular weight excluding hydrogens is 438 g/mol. The molecule has 2 aromatic carbocycles. The van der Waals surface area contributed by atoms with Crippen molar-refractivity contribution in [2.75, 3.05) is 0 Å². The molecule has 2 rings (SSSR count). The van der Waals surface area contributed by atoms with Crippen LogP contribution in [0, 0.1) is 0 Å². The third kappa shape index (κ3) is 4.05. The Morgan fingerprint density at radius 2 is 1.11 bits per heavy atom. The molecule has 19 heavy (non-hydrogen) atoms. The van der Waals surface area contributed by atoms with Gasteiger partial charge in [-0.25, -0.2) is 0 Å². The zero-order chi connectivity index (χ0) is 13.9. The van der Waals surface area contributed by atoms with Gasteiger partial charge < -0.3 is 0 Å². The fourth-order valence-electron chi connectivity index (χ4n) is 1.67. The van der Waals surface area contributed by atoms with E-state index in [0.29, 0.717) is 8.65 Å². The van der Waals surface area contributed by atoms with Crippen molar-refractivity contribution in [3.63, 3.8) is 0 Å². The molecule has 0 aliphatic heterocycles. The van der Waals surface area contributed by atoms with Crippen LogP contribution in [0.25, 0.3) is 8.65 Å². The average Bonchev–Trinajstić information content (AvgIpc) is 2.39. The Morgan fingerprint density at radius 1 is 0.684 bits per heavy atom. The summed E-state index contributed by atoms with van der Waals surface area (Å²) in [6.07, 6.45) is 0. The molecule has 0 radical (unpaired) electrons. The van der Waals surface area contributed by atoms with Crippen LogP contribution in [0.3, 0.4) is 0 Å². The van der Waals surface area contributed by atoms with Crippen LogP contribution in [-0.4, -0.2) is 14.8 Å². The van der Waals surface area contributed by atoms with Crippen molar-refractivity contribution in [1.29, 1.82) is 0 Å². The zero-order valence-corrected chi connectivity index (χ0v) is 15.0. The van der Waals surface area contributed by atoms with Gasteiger partial charge in [0.15, 0.2) is 0 Å². The molecule has 5 heteroatoms. The van der Waals surface area contributed by atoms with Gasteiger partial charge in [0, 0.05) is 0 Å². The third-order valence-electron chi connectivity index (χ3n) is 2.49. The topological polar surface area (TPSA) is 0 Å². The van der Waals surface area contributed by atoms with Gasteiger partial charge in [0.25, 0.3) is 0 Å². The van der Waals surface area contributed by atoms with Crippen LogP contribution >= 0.6 is 38.5 Å². The first-order chi connectivity index (χ1) is 9.00. The van der Waals surface area contributed by atoms with Crippen LogP contribution < -0.4 is 0 Å². The van der Waals surface area contributed by atoms with Crippen molar-refractivity contribution in [3.05, 3.63) is 71.8 Å². The monoisotopic (exact) mass is 448 g/mol. The van der Waals surface area contributed by atoms with Gasteiger partial charge in [-0.05, 0) is 0 Å². The molecule has 0 bridgehead atoms. The Kier molecular flexibility index (Phi) is 5.49. The van der Waals surface area contributed by atoms with E-state index in [1.54, 1.807) is 0 Å². The first kappa shape index (κ1) is 15.5. The summed E-state index contributed by atoms with van der Waals surface area (Å²) in [5, 5.41) is 0.521. The molecular formula is C14H10Cl4Te. The summed E-state index contributed by atoms with van der Waals surface area (Å²) < 4.78 is 0.668. The fourth-order valence-corrected chi connectivity index (χ4v) is 8.89. The summed E-state index contributed by atoms with van der Waals surface area (Å²) in [6, 6.07) is 19.1. The first-order valence-electron chi connectivity index (χ1n) is 5.43. The van der Waals surface area contributed by atoms with Gasteiger partial charge in [-0.15, -0.1) is 0 Å².